The van der Waals surface area contributed by atoms with Crippen LogP contribution in [0.5, 0.6) is 23.0 Å². The summed E-state index contributed by atoms with van der Waals surface area (Å²) in [6.45, 7) is 3.80. The van der Waals surface area contributed by atoms with Gasteiger partial charge in [0.1, 0.15) is 23.0 Å². The van der Waals surface area contributed by atoms with Crippen LogP contribution in [-0.2, 0) is 0 Å². The van der Waals surface area contributed by atoms with Crippen LogP contribution < -0.4 is 0 Å². The van der Waals surface area contributed by atoms with E-state index in [-0.39, 0.29) is 23.0 Å². The van der Waals surface area contributed by atoms with Crippen molar-refractivity contribution in [1.82, 2.24) is 0 Å². The van der Waals surface area contributed by atoms with Crippen LogP contribution in [-0.4, -0.2) is 20.4 Å². The van der Waals surface area contributed by atoms with Gasteiger partial charge in [0.15, 0.2) is 0 Å². The molecule has 3 aromatic rings. The molecule has 0 saturated carbocycles. The smallest absolute Gasteiger partial charge is 0.123 e. The molecule has 4 nitrogen and oxygen atoms in total. The maximum atomic E-state index is 10.7. The van der Waals surface area contributed by atoms with Gasteiger partial charge < -0.3 is 20.4 Å². The molecule has 1 aliphatic carbocycles. The second-order valence-corrected chi connectivity index (χ2v) is 7.00. The molecule has 4 N–H and O–H groups in total. The van der Waals surface area contributed by atoms with Gasteiger partial charge in [-0.2, -0.15) is 0 Å². The number of aryl methyl sites for hydroxylation is 2. The van der Waals surface area contributed by atoms with Crippen molar-refractivity contribution in [2.45, 2.75) is 25.7 Å². The van der Waals surface area contributed by atoms with Crippen LogP contribution in [0.3, 0.4) is 0 Å². The lowest BCUT2D eigenvalue weighted by atomic mass is 9.78. The van der Waals surface area contributed by atoms with Crippen molar-refractivity contribution < 1.29 is 20.4 Å². The first-order valence-corrected chi connectivity index (χ1v) is 8.52. The number of rotatable bonds is 2. The minimum atomic E-state index is -0.404. The van der Waals surface area contributed by atoms with Crippen LogP contribution in [0.2, 0.25) is 0 Å². The Morgan fingerprint density at radius 1 is 0.692 bits per heavy atom. The Labute approximate surface area is 151 Å². The summed E-state index contributed by atoms with van der Waals surface area (Å²) in [5.74, 6) is -0.387. The van der Waals surface area contributed by atoms with Gasteiger partial charge in [0, 0.05) is 34.1 Å². The highest BCUT2D eigenvalue weighted by molar-refractivity contribution is 5.66. The Hall–Kier alpha value is -3.14. The van der Waals surface area contributed by atoms with Crippen LogP contribution in [0, 0.1) is 13.8 Å². The van der Waals surface area contributed by atoms with Gasteiger partial charge in [0.2, 0.25) is 0 Å². The quantitative estimate of drug-likeness (QED) is 0.517. The van der Waals surface area contributed by atoms with Crippen molar-refractivity contribution in [1.29, 1.82) is 0 Å². The molecule has 0 amide bonds. The molecular formula is C22H20O4. The Morgan fingerprint density at radius 3 is 2.04 bits per heavy atom. The number of aromatic hydroxyl groups is 4. The molecule has 2 atom stereocenters. The summed E-state index contributed by atoms with van der Waals surface area (Å²) in [7, 11) is 0. The summed E-state index contributed by atoms with van der Waals surface area (Å²) < 4.78 is 0. The first kappa shape index (κ1) is 16.3. The minimum absolute atomic E-state index is 0.0555. The number of hydrogen-bond acceptors (Lipinski definition) is 4. The lowest BCUT2D eigenvalue weighted by molar-refractivity contribution is 0.452. The molecule has 2 unspecified atom stereocenters. The normalized spacial score (nSPS) is 18.2. The molecule has 1 aliphatic rings. The number of phenolic OH excluding ortho intramolecular Hbond substituents is 4. The van der Waals surface area contributed by atoms with Gasteiger partial charge in [-0.15, -0.1) is 0 Å². The summed E-state index contributed by atoms with van der Waals surface area (Å²) >= 11 is 0. The van der Waals surface area contributed by atoms with Crippen LogP contribution in [0.25, 0.3) is 0 Å². The Morgan fingerprint density at radius 2 is 1.38 bits per heavy atom. The number of fused-ring (bicyclic) bond motifs is 2. The van der Waals surface area contributed by atoms with Gasteiger partial charge in [-0.05, 0) is 49.2 Å². The largest absolute Gasteiger partial charge is 0.508 e. The van der Waals surface area contributed by atoms with E-state index in [1.807, 2.05) is 32.0 Å². The maximum Gasteiger partial charge on any atom is 0.123 e. The number of benzene rings is 3. The van der Waals surface area contributed by atoms with Crippen molar-refractivity contribution in [3.05, 3.63) is 81.9 Å². The van der Waals surface area contributed by atoms with E-state index in [1.165, 1.54) is 12.1 Å². The van der Waals surface area contributed by atoms with Crippen LogP contribution >= 0.6 is 0 Å². The molecule has 0 aromatic heterocycles. The minimum Gasteiger partial charge on any atom is -0.508 e. The first-order valence-electron chi connectivity index (χ1n) is 8.52. The zero-order valence-electron chi connectivity index (χ0n) is 14.6. The molecule has 0 aliphatic heterocycles. The highest BCUT2D eigenvalue weighted by Crippen LogP contribution is 2.58. The predicted molar refractivity (Wildman–Crippen MR) is 99.1 cm³/mol. The van der Waals surface area contributed by atoms with E-state index in [0.29, 0.717) is 22.3 Å². The fourth-order valence-electron chi connectivity index (χ4n) is 4.15. The van der Waals surface area contributed by atoms with E-state index in [0.717, 1.165) is 11.1 Å². The second kappa shape index (κ2) is 5.70. The van der Waals surface area contributed by atoms with E-state index in [1.54, 1.807) is 18.2 Å². The maximum absolute atomic E-state index is 10.7. The first-order chi connectivity index (χ1) is 12.4. The molecule has 4 heteroatoms. The fraction of sp³-hybridized carbons (Fsp3) is 0.182. The number of hydrogen-bond donors (Lipinski definition) is 4. The Kier molecular flexibility index (Phi) is 3.58. The molecule has 3 aromatic carbocycles. The van der Waals surface area contributed by atoms with Crippen molar-refractivity contribution in [3.63, 3.8) is 0 Å². The fourth-order valence-corrected chi connectivity index (χ4v) is 4.15. The summed E-state index contributed by atoms with van der Waals surface area (Å²) in [5.41, 5.74) is 4.25. The molecule has 0 saturated heterocycles. The number of phenols is 4. The van der Waals surface area contributed by atoms with Gasteiger partial charge >= 0.3 is 0 Å². The molecule has 0 radical (unpaired) electrons. The van der Waals surface area contributed by atoms with Gasteiger partial charge in [-0.1, -0.05) is 24.3 Å². The zero-order valence-corrected chi connectivity index (χ0v) is 14.6. The summed E-state index contributed by atoms with van der Waals surface area (Å²) in [5, 5.41) is 41.9. The second-order valence-electron chi connectivity index (χ2n) is 7.00. The van der Waals surface area contributed by atoms with Crippen molar-refractivity contribution in [2.75, 3.05) is 0 Å². The van der Waals surface area contributed by atoms with Crippen molar-refractivity contribution in [2.24, 2.45) is 0 Å². The molecule has 0 heterocycles. The van der Waals surface area contributed by atoms with E-state index in [4.69, 9.17) is 0 Å². The molecule has 0 fully saturated rings. The van der Waals surface area contributed by atoms with E-state index in [9.17, 15) is 20.4 Å². The topological polar surface area (TPSA) is 80.9 Å². The zero-order chi connectivity index (χ0) is 18.6. The van der Waals surface area contributed by atoms with Gasteiger partial charge in [-0.3, -0.25) is 0 Å². The average molecular weight is 348 g/mol. The molecule has 4 rings (SSSR count). The summed E-state index contributed by atoms with van der Waals surface area (Å²) in [6, 6.07) is 13.8. The predicted octanol–water partition coefficient (Wildman–Crippen LogP) is 4.40. The van der Waals surface area contributed by atoms with Crippen LogP contribution in [0.15, 0.2) is 48.5 Å². The van der Waals surface area contributed by atoms with Crippen LogP contribution in [0.1, 0.15) is 45.2 Å². The Balaban J connectivity index is 2.01. The standard InChI is InChI=1S/C22H20O4/c1-11-6-7-14(18(25)8-11)20-15-9-13(23)10-16(22(15)26)21(20)19-12(2)4-3-5-17(19)24/h3-10,20-21,23-26H,1-2H3. The summed E-state index contributed by atoms with van der Waals surface area (Å²) in [6.07, 6.45) is 0. The molecule has 26 heavy (non-hydrogen) atoms. The lowest BCUT2D eigenvalue weighted by Gasteiger charge is -2.24. The molecule has 0 spiro atoms. The highest BCUT2D eigenvalue weighted by Gasteiger charge is 2.41. The Bertz CT molecular complexity index is 1000. The molecule has 132 valence electrons. The van der Waals surface area contributed by atoms with E-state index in [2.05, 4.69) is 0 Å². The highest BCUT2D eigenvalue weighted by atomic mass is 16.3. The van der Waals surface area contributed by atoms with Crippen molar-refractivity contribution in [3.8, 4) is 23.0 Å². The van der Waals surface area contributed by atoms with Gasteiger partial charge in [-0.25, -0.2) is 0 Å². The third-order valence-corrected chi connectivity index (χ3v) is 5.29. The van der Waals surface area contributed by atoms with Crippen molar-refractivity contribution >= 4 is 0 Å². The SMILES string of the molecule is Cc1ccc(C2c3cc(O)cc(c3O)C2c2c(C)cccc2O)c(O)c1. The van der Waals surface area contributed by atoms with E-state index >= 15 is 0 Å². The van der Waals surface area contributed by atoms with Gasteiger partial charge in [0.05, 0.1) is 0 Å². The molecular weight excluding hydrogens is 328 g/mol. The average Bonchev–Trinajstić information content (AvgIpc) is 2.73. The molecule has 2 bridgehead atoms. The van der Waals surface area contributed by atoms with Gasteiger partial charge in [0.25, 0.3) is 0 Å². The van der Waals surface area contributed by atoms with E-state index < -0.39 is 11.8 Å². The third-order valence-electron chi connectivity index (χ3n) is 5.29. The van der Waals surface area contributed by atoms with Crippen LogP contribution in [0.4, 0.5) is 0 Å². The monoisotopic (exact) mass is 348 g/mol. The lowest BCUT2D eigenvalue weighted by Crippen LogP contribution is -2.10. The third kappa shape index (κ3) is 2.30. The summed E-state index contributed by atoms with van der Waals surface area (Å²) in [4.78, 5) is 0.